The number of carbonyl (C=O) groups excluding carboxylic acids is 1. The Hall–Kier alpha value is -2.16. The molecule has 2 aromatic heterocycles. The molecule has 9 heteroatoms. The van der Waals surface area contributed by atoms with Crippen molar-refractivity contribution < 1.29 is 13.2 Å². The van der Waals surface area contributed by atoms with Gasteiger partial charge in [0.2, 0.25) is 0 Å². The fraction of sp³-hybridized carbons (Fsp3) is 0.562. The van der Waals surface area contributed by atoms with Crippen LogP contribution in [0.5, 0.6) is 0 Å². The maximum absolute atomic E-state index is 12.4. The minimum atomic E-state index is -4.02. The van der Waals surface area contributed by atoms with Gasteiger partial charge in [0.25, 0.3) is 15.9 Å². The molecule has 0 aliphatic heterocycles. The van der Waals surface area contributed by atoms with Crippen LogP contribution >= 0.6 is 0 Å². The number of imidazole rings is 1. The first kappa shape index (κ1) is 17.7. The third-order valence-corrected chi connectivity index (χ3v) is 5.87. The zero-order chi connectivity index (χ0) is 18.2. The molecule has 3 rings (SSSR count). The summed E-state index contributed by atoms with van der Waals surface area (Å²) in [7, 11) is -2.33. The summed E-state index contributed by atoms with van der Waals surface area (Å²) in [5.41, 5.74) is 0.974. The number of carbonyl (C=O) groups is 1. The van der Waals surface area contributed by atoms with Gasteiger partial charge in [-0.15, -0.1) is 0 Å². The number of amides is 1. The molecule has 0 spiro atoms. The van der Waals surface area contributed by atoms with E-state index in [2.05, 4.69) is 14.8 Å². The predicted molar refractivity (Wildman–Crippen MR) is 91.7 cm³/mol. The number of nitrogens with zero attached hydrogens (tertiary/aromatic N) is 4. The first-order valence-corrected chi connectivity index (χ1v) is 9.89. The number of hydrogen-bond donors (Lipinski definition) is 1. The van der Waals surface area contributed by atoms with Crippen molar-refractivity contribution in [2.75, 3.05) is 0 Å². The Balaban J connectivity index is 1.79. The number of aryl methyl sites for hydroxylation is 3. The standard InChI is InChI=1S/C16H23N5O3S/c1-11-9-14(18-21(11)13-7-5-4-6-8-13)16(22)19-25(23,24)15-10-20(3)12(2)17-15/h9-10,13H,4-8H2,1-3H3,(H,19,22). The lowest BCUT2D eigenvalue weighted by atomic mass is 9.95. The fourth-order valence-electron chi connectivity index (χ4n) is 3.18. The molecule has 8 nitrogen and oxygen atoms in total. The summed E-state index contributed by atoms with van der Waals surface area (Å²) >= 11 is 0. The van der Waals surface area contributed by atoms with Crippen LogP contribution in [0.4, 0.5) is 0 Å². The molecule has 2 heterocycles. The van der Waals surface area contributed by atoms with E-state index in [0.717, 1.165) is 31.4 Å². The minimum Gasteiger partial charge on any atom is -0.337 e. The molecule has 0 radical (unpaired) electrons. The highest BCUT2D eigenvalue weighted by atomic mass is 32.2. The second-order valence-corrected chi connectivity index (χ2v) is 8.21. The van der Waals surface area contributed by atoms with Crippen molar-refractivity contribution in [3.05, 3.63) is 29.5 Å². The first-order chi connectivity index (χ1) is 11.8. The summed E-state index contributed by atoms with van der Waals surface area (Å²) in [5, 5.41) is 4.17. The second kappa shape index (κ2) is 6.62. The number of aromatic nitrogens is 4. The van der Waals surface area contributed by atoms with Crippen molar-refractivity contribution >= 4 is 15.9 Å². The SMILES string of the molecule is Cc1nc(S(=O)(=O)NC(=O)c2cc(C)n(C3CCCCC3)n2)cn1C. The topological polar surface area (TPSA) is 98.9 Å². The van der Waals surface area contributed by atoms with Crippen molar-refractivity contribution in [1.82, 2.24) is 24.1 Å². The Labute approximate surface area is 147 Å². The van der Waals surface area contributed by atoms with Gasteiger partial charge in [0.1, 0.15) is 5.82 Å². The zero-order valence-corrected chi connectivity index (χ0v) is 15.5. The Kier molecular flexibility index (Phi) is 4.68. The fourth-order valence-corrected chi connectivity index (χ4v) is 4.18. The van der Waals surface area contributed by atoms with E-state index in [4.69, 9.17) is 0 Å². The van der Waals surface area contributed by atoms with E-state index < -0.39 is 15.9 Å². The van der Waals surface area contributed by atoms with Gasteiger partial charge in [0, 0.05) is 18.9 Å². The van der Waals surface area contributed by atoms with E-state index in [1.165, 1.54) is 12.6 Å². The molecule has 25 heavy (non-hydrogen) atoms. The first-order valence-electron chi connectivity index (χ1n) is 8.41. The average Bonchev–Trinajstić information content (AvgIpc) is 3.12. The van der Waals surface area contributed by atoms with Crippen LogP contribution in [0.25, 0.3) is 0 Å². The molecule has 1 aliphatic carbocycles. The molecular weight excluding hydrogens is 342 g/mol. The average molecular weight is 365 g/mol. The third kappa shape index (κ3) is 3.60. The van der Waals surface area contributed by atoms with Gasteiger partial charge < -0.3 is 4.57 Å². The molecular formula is C16H23N5O3S. The summed E-state index contributed by atoms with van der Waals surface area (Å²) in [5.74, 6) is -0.189. The largest absolute Gasteiger partial charge is 0.337 e. The van der Waals surface area contributed by atoms with Crippen molar-refractivity contribution in [3.63, 3.8) is 0 Å². The van der Waals surface area contributed by atoms with Gasteiger partial charge in [-0.2, -0.15) is 13.5 Å². The van der Waals surface area contributed by atoms with Crippen LogP contribution in [0.1, 0.15) is 60.2 Å². The summed E-state index contributed by atoms with van der Waals surface area (Å²) < 4.78 is 30.2. The highest BCUT2D eigenvalue weighted by Gasteiger charge is 2.25. The Morgan fingerprint density at radius 1 is 1.24 bits per heavy atom. The molecule has 1 N–H and O–H groups in total. The number of sulfonamides is 1. The molecule has 1 amide bonds. The van der Waals surface area contributed by atoms with Crippen molar-refractivity contribution in [3.8, 4) is 0 Å². The molecule has 0 saturated heterocycles. The maximum Gasteiger partial charge on any atom is 0.285 e. The van der Waals surface area contributed by atoms with Crippen LogP contribution < -0.4 is 4.72 Å². The van der Waals surface area contributed by atoms with Crippen LogP contribution in [-0.2, 0) is 17.1 Å². The van der Waals surface area contributed by atoms with Crippen LogP contribution in [0.3, 0.4) is 0 Å². The van der Waals surface area contributed by atoms with Crippen molar-refractivity contribution in [1.29, 1.82) is 0 Å². The molecule has 0 atom stereocenters. The predicted octanol–water partition coefficient (Wildman–Crippen LogP) is 1.86. The van der Waals surface area contributed by atoms with Crippen molar-refractivity contribution in [2.24, 2.45) is 7.05 Å². The molecule has 0 aromatic carbocycles. The van der Waals surface area contributed by atoms with Gasteiger partial charge >= 0.3 is 0 Å². The van der Waals surface area contributed by atoms with E-state index >= 15 is 0 Å². The second-order valence-electron chi connectivity index (χ2n) is 6.58. The normalized spacial score (nSPS) is 16.1. The summed E-state index contributed by atoms with van der Waals surface area (Å²) in [6.07, 6.45) is 6.98. The van der Waals surface area contributed by atoms with Gasteiger partial charge in [-0.25, -0.2) is 9.71 Å². The zero-order valence-electron chi connectivity index (χ0n) is 14.7. The van der Waals surface area contributed by atoms with Crippen LogP contribution in [0, 0.1) is 13.8 Å². The van der Waals surface area contributed by atoms with E-state index in [1.807, 2.05) is 11.6 Å². The molecule has 136 valence electrons. The number of rotatable bonds is 4. The number of hydrogen-bond acceptors (Lipinski definition) is 5. The van der Waals surface area contributed by atoms with Gasteiger partial charge in [0.15, 0.2) is 10.7 Å². The summed E-state index contributed by atoms with van der Waals surface area (Å²) in [4.78, 5) is 16.3. The van der Waals surface area contributed by atoms with E-state index in [1.54, 1.807) is 24.6 Å². The number of nitrogens with one attached hydrogen (secondary N) is 1. The lowest BCUT2D eigenvalue weighted by molar-refractivity contribution is 0.0975. The Morgan fingerprint density at radius 2 is 1.92 bits per heavy atom. The van der Waals surface area contributed by atoms with E-state index in [0.29, 0.717) is 5.82 Å². The maximum atomic E-state index is 12.4. The molecule has 1 aliphatic rings. The molecule has 0 unspecified atom stereocenters. The molecule has 2 aromatic rings. The smallest absolute Gasteiger partial charge is 0.285 e. The van der Waals surface area contributed by atoms with Gasteiger partial charge in [0.05, 0.1) is 6.04 Å². The molecule has 1 saturated carbocycles. The summed E-state index contributed by atoms with van der Waals surface area (Å²) in [6.45, 7) is 3.57. The lowest BCUT2D eigenvalue weighted by Crippen LogP contribution is -2.31. The van der Waals surface area contributed by atoms with Gasteiger partial charge in [-0.1, -0.05) is 19.3 Å². The van der Waals surface area contributed by atoms with E-state index in [9.17, 15) is 13.2 Å². The monoisotopic (exact) mass is 365 g/mol. The lowest BCUT2D eigenvalue weighted by Gasteiger charge is -2.23. The van der Waals surface area contributed by atoms with Crippen LogP contribution in [0.15, 0.2) is 17.3 Å². The van der Waals surface area contributed by atoms with Crippen LogP contribution in [0.2, 0.25) is 0 Å². The molecule has 1 fully saturated rings. The van der Waals surface area contributed by atoms with Crippen molar-refractivity contribution in [2.45, 2.75) is 57.0 Å². The summed E-state index contributed by atoms with van der Waals surface area (Å²) in [6, 6.07) is 1.91. The van der Waals surface area contributed by atoms with E-state index in [-0.39, 0.29) is 16.8 Å². The van der Waals surface area contributed by atoms with Gasteiger partial charge in [-0.05, 0) is 32.8 Å². The molecule has 0 bridgehead atoms. The Morgan fingerprint density at radius 3 is 2.52 bits per heavy atom. The highest BCUT2D eigenvalue weighted by molar-refractivity contribution is 7.90. The highest BCUT2D eigenvalue weighted by Crippen LogP contribution is 2.28. The third-order valence-electron chi connectivity index (χ3n) is 4.66. The quantitative estimate of drug-likeness (QED) is 0.891. The van der Waals surface area contributed by atoms with Gasteiger partial charge in [-0.3, -0.25) is 9.48 Å². The minimum absolute atomic E-state index is 0.110. The van der Waals surface area contributed by atoms with Crippen LogP contribution in [-0.4, -0.2) is 33.7 Å². The Bertz CT molecular complexity index is 872.